The molecule has 0 saturated heterocycles. The van der Waals surface area contributed by atoms with Gasteiger partial charge in [-0.1, -0.05) is 0 Å². The normalized spacial score (nSPS) is 12.7. The number of aromatic nitrogens is 2. The topological polar surface area (TPSA) is 43.0 Å². The van der Waals surface area contributed by atoms with Crippen LogP contribution in [0.4, 0.5) is 0 Å². The average molecular weight is 287 g/mol. The molecule has 0 aliphatic rings. The van der Waals surface area contributed by atoms with E-state index in [1.807, 2.05) is 36.1 Å². The van der Waals surface area contributed by atoms with E-state index in [-0.39, 0.29) is 6.04 Å². The fourth-order valence-corrected chi connectivity index (χ4v) is 3.07. The highest BCUT2D eigenvalue weighted by Gasteiger charge is 2.20. The zero-order valence-electron chi connectivity index (χ0n) is 11.5. The molecule has 0 bridgehead atoms. The molecule has 0 amide bonds. The van der Waals surface area contributed by atoms with Crippen LogP contribution in [0.15, 0.2) is 46.0 Å². The summed E-state index contributed by atoms with van der Waals surface area (Å²) in [5.41, 5.74) is 2.64. The van der Waals surface area contributed by atoms with Gasteiger partial charge in [-0.25, -0.2) is 4.98 Å². The molecule has 3 heterocycles. The van der Waals surface area contributed by atoms with E-state index in [9.17, 15) is 0 Å². The van der Waals surface area contributed by atoms with Gasteiger partial charge >= 0.3 is 0 Å². The minimum atomic E-state index is -0.0377. The fourth-order valence-electron chi connectivity index (χ4n) is 2.21. The van der Waals surface area contributed by atoms with Crippen molar-refractivity contribution < 1.29 is 4.42 Å². The molecule has 3 aromatic heterocycles. The third kappa shape index (κ3) is 2.55. The second kappa shape index (κ2) is 5.64. The summed E-state index contributed by atoms with van der Waals surface area (Å²) in [6.07, 6.45) is 5.45. The SMILES string of the molecule is Cc1cscc1CNC(c1ccco1)c1nccn1C. The van der Waals surface area contributed by atoms with E-state index >= 15 is 0 Å². The van der Waals surface area contributed by atoms with Crippen molar-refractivity contribution in [3.63, 3.8) is 0 Å². The molecule has 104 valence electrons. The van der Waals surface area contributed by atoms with E-state index in [0.29, 0.717) is 0 Å². The Labute approximate surface area is 122 Å². The lowest BCUT2D eigenvalue weighted by molar-refractivity contribution is 0.429. The number of rotatable bonds is 5. The Kier molecular flexibility index (Phi) is 3.71. The van der Waals surface area contributed by atoms with Gasteiger partial charge in [-0.2, -0.15) is 11.3 Å². The summed E-state index contributed by atoms with van der Waals surface area (Å²) in [6.45, 7) is 2.93. The third-order valence-electron chi connectivity index (χ3n) is 3.40. The number of imidazole rings is 1. The van der Waals surface area contributed by atoms with Gasteiger partial charge in [0, 0.05) is 26.0 Å². The predicted octanol–water partition coefficient (Wildman–Crippen LogP) is 3.26. The number of hydrogen-bond acceptors (Lipinski definition) is 4. The van der Waals surface area contributed by atoms with Gasteiger partial charge in [-0.15, -0.1) is 0 Å². The minimum absolute atomic E-state index is 0.0377. The van der Waals surface area contributed by atoms with Crippen LogP contribution in [-0.4, -0.2) is 9.55 Å². The number of aryl methyl sites for hydroxylation is 2. The first-order chi connectivity index (χ1) is 9.75. The van der Waals surface area contributed by atoms with Gasteiger partial charge in [0.2, 0.25) is 0 Å². The zero-order valence-corrected chi connectivity index (χ0v) is 12.4. The molecule has 0 aliphatic carbocycles. The Morgan fingerprint density at radius 2 is 2.35 bits per heavy atom. The monoisotopic (exact) mass is 287 g/mol. The van der Waals surface area contributed by atoms with Crippen LogP contribution >= 0.6 is 11.3 Å². The lowest BCUT2D eigenvalue weighted by Gasteiger charge is -2.16. The molecule has 1 atom stereocenters. The molecule has 3 rings (SSSR count). The summed E-state index contributed by atoms with van der Waals surface area (Å²) >= 11 is 1.73. The summed E-state index contributed by atoms with van der Waals surface area (Å²) in [5, 5.41) is 7.89. The molecule has 0 fully saturated rings. The van der Waals surface area contributed by atoms with Crippen molar-refractivity contribution in [1.82, 2.24) is 14.9 Å². The molecule has 0 aliphatic heterocycles. The number of thiophene rings is 1. The molecule has 0 spiro atoms. The predicted molar refractivity (Wildman–Crippen MR) is 79.7 cm³/mol. The highest BCUT2D eigenvalue weighted by Crippen LogP contribution is 2.22. The Hall–Kier alpha value is -1.85. The van der Waals surface area contributed by atoms with Crippen LogP contribution in [0, 0.1) is 6.92 Å². The number of furan rings is 1. The molecular formula is C15H17N3OS. The van der Waals surface area contributed by atoms with Crippen LogP contribution in [-0.2, 0) is 13.6 Å². The average Bonchev–Trinajstić information content (AvgIpc) is 3.15. The zero-order chi connectivity index (χ0) is 13.9. The van der Waals surface area contributed by atoms with Gasteiger partial charge in [0.25, 0.3) is 0 Å². The Morgan fingerprint density at radius 1 is 1.45 bits per heavy atom. The highest BCUT2D eigenvalue weighted by atomic mass is 32.1. The van der Waals surface area contributed by atoms with E-state index in [2.05, 4.69) is 28.0 Å². The molecule has 5 heteroatoms. The molecule has 1 N–H and O–H groups in total. The van der Waals surface area contributed by atoms with Crippen molar-refractivity contribution in [2.45, 2.75) is 19.5 Å². The standard InChI is InChI=1S/C15H17N3OS/c1-11-9-20-10-12(11)8-17-14(13-4-3-7-19-13)15-16-5-6-18(15)2/h3-7,9-10,14,17H,8H2,1-2H3. The lowest BCUT2D eigenvalue weighted by Crippen LogP contribution is -2.24. The van der Waals surface area contributed by atoms with Crippen LogP contribution in [0.5, 0.6) is 0 Å². The van der Waals surface area contributed by atoms with Crippen molar-refractivity contribution in [3.05, 3.63) is 64.3 Å². The second-order valence-corrected chi connectivity index (χ2v) is 5.55. The van der Waals surface area contributed by atoms with Gasteiger partial charge < -0.3 is 8.98 Å². The van der Waals surface area contributed by atoms with E-state index in [1.165, 1.54) is 11.1 Å². The maximum atomic E-state index is 5.56. The summed E-state index contributed by atoms with van der Waals surface area (Å²) in [7, 11) is 2.00. The van der Waals surface area contributed by atoms with Crippen molar-refractivity contribution in [2.75, 3.05) is 0 Å². The van der Waals surface area contributed by atoms with Gasteiger partial charge in [0.15, 0.2) is 0 Å². The molecule has 3 aromatic rings. The van der Waals surface area contributed by atoms with Crippen molar-refractivity contribution in [2.24, 2.45) is 7.05 Å². The van der Waals surface area contributed by atoms with Crippen LogP contribution in [0.2, 0.25) is 0 Å². The van der Waals surface area contributed by atoms with Gasteiger partial charge in [0.1, 0.15) is 17.6 Å². The van der Waals surface area contributed by atoms with E-state index in [4.69, 9.17) is 4.42 Å². The highest BCUT2D eigenvalue weighted by molar-refractivity contribution is 7.08. The van der Waals surface area contributed by atoms with E-state index in [1.54, 1.807) is 17.6 Å². The maximum absolute atomic E-state index is 5.56. The summed E-state index contributed by atoms with van der Waals surface area (Å²) in [6, 6.07) is 3.85. The van der Waals surface area contributed by atoms with Crippen LogP contribution < -0.4 is 5.32 Å². The molecule has 4 nitrogen and oxygen atoms in total. The van der Waals surface area contributed by atoms with Crippen LogP contribution in [0.3, 0.4) is 0 Å². The van der Waals surface area contributed by atoms with Gasteiger partial charge in [0.05, 0.1) is 6.26 Å². The number of hydrogen-bond donors (Lipinski definition) is 1. The van der Waals surface area contributed by atoms with Crippen molar-refractivity contribution >= 4 is 11.3 Å². The largest absolute Gasteiger partial charge is 0.467 e. The minimum Gasteiger partial charge on any atom is -0.467 e. The van der Waals surface area contributed by atoms with E-state index < -0.39 is 0 Å². The van der Waals surface area contributed by atoms with Crippen LogP contribution in [0.1, 0.15) is 28.8 Å². The molecule has 0 saturated carbocycles. The Balaban J connectivity index is 1.84. The first kappa shape index (κ1) is 13.1. The van der Waals surface area contributed by atoms with Gasteiger partial charge in [-0.3, -0.25) is 5.32 Å². The summed E-state index contributed by atoms with van der Waals surface area (Å²) in [4.78, 5) is 4.44. The Bertz CT molecular complexity index is 669. The smallest absolute Gasteiger partial charge is 0.133 e. The first-order valence-electron chi connectivity index (χ1n) is 6.51. The van der Waals surface area contributed by atoms with Crippen molar-refractivity contribution in [1.29, 1.82) is 0 Å². The van der Waals surface area contributed by atoms with Crippen LogP contribution in [0.25, 0.3) is 0 Å². The molecule has 1 unspecified atom stereocenters. The summed E-state index contributed by atoms with van der Waals surface area (Å²) < 4.78 is 7.58. The summed E-state index contributed by atoms with van der Waals surface area (Å²) in [5.74, 6) is 1.83. The first-order valence-corrected chi connectivity index (χ1v) is 7.45. The number of nitrogens with one attached hydrogen (secondary N) is 1. The fraction of sp³-hybridized carbons (Fsp3) is 0.267. The van der Waals surface area contributed by atoms with Gasteiger partial charge in [-0.05, 0) is 40.9 Å². The quantitative estimate of drug-likeness (QED) is 0.783. The number of nitrogens with zero attached hydrogens (tertiary/aromatic N) is 2. The second-order valence-electron chi connectivity index (χ2n) is 4.81. The third-order valence-corrected chi connectivity index (χ3v) is 4.31. The molecule has 0 radical (unpaired) electrons. The molecular weight excluding hydrogens is 270 g/mol. The Morgan fingerprint density at radius 3 is 2.95 bits per heavy atom. The van der Waals surface area contributed by atoms with Crippen molar-refractivity contribution in [3.8, 4) is 0 Å². The molecule has 20 heavy (non-hydrogen) atoms. The van der Waals surface area contributed by atoms with E-state index in [0.717, 1.165) is 18.1 Å². The maximum Gasteiger partial charge on any atom is 0.133 e. The lowest BCUT2D eigenvalue weighted by atomic mass is 10.1. The molecule has 0 aromatic carbocycles.